The molecule has 88 valence electrons. The molecule has 0 aliphatic carbocycles. The van der Waals surface area contributed by atoms with Gasteiger partial charge in [-0.2, -0.15) is 8.42 Å². The van der Waals surface area contributed by atoms with Gasteiger partial charge in [0, 0.05) is 19.6 Å². The molecule has 1 aromatic rings. The third-order valence-electron chi connectivity index (χ3n) is 2.80. The summed E-state index contributed by atoms with van der Waals surface area (Å²) in [6.07, 6.45) is 0.637. The first-order chi connectivity index (χ1) is 7.56. The zero-order valence-corrected chi connectivity index (χ0v) is 9.87. The van der Waals surface area contributed by atoms with E-state index in [1.165, 1.54) is 11.4 Å². The van der Waals surface area contributed by atoms with Crippen LogP contribution in [0, 0.1) is 0 Å². The molecule has 0 radical (unpaired) electrons. The molecule has 1 aliphatic rings. The normalized spacial score (nSPS) is 20.6. The zero-order chi connectivity index (χ0) is 11.8. The Hall–Kier alpha value is -1.11. The van der Waals surface area contributed by atoms with E-state index in [0.717, 1.165) is 5.56 Å². The molecule has 6 heteroatoms. The van der Waals surface area contributed by atoms with E-state index < -0.39 is 10.2 Å². The maximum Gasteiger partial charge on any atom is 0.301 e. The van der Waals surface area contributed by atoms with Crippen molar-refractivity contribution in [1.29, 1.82) is 0 Å². The minimum absolute atomic E-state index is 0.0838. The minimum Gasteiger partial charge on any atom is -0.324 e. The summed E-state index contributed by atoms with van der Waals surface area (Å²) in [5.41, 5.74) is 7.51. The van der Waals surface area contributed by atoms with Crippen LogP contribution in [0.2, 0.25) is 0 Å². The quantitative estimate of drug-likeness (QED) is 0.785. The van der Waals surface area contributed by atoms with Gasteiger partial charge in [0.05, 0.1) is 5.69 Å². The average molecular weight is 241 g/mol. The van der Waals surface area contributed by atoms with Crippen LogP contribution in [-0.2, 0) is 10.2 Å². The van der Waals surface area contributed by atoms with E-state index >= 15 is 0 Å². The van der Waals surface area contributed by atoms with E-state index in [2.05, 4.69) is 4.72 Å². The molecule has 1 atom stereocenters. The lowest BCUT2D eigenvalue weighted by atomic mass is 9.99. The van der Waals surface area contributed by atoms with Gasteiger partial charge in [-0.1, -0.05) is 18.2 Å². The van der Waals surface area contributed by atoms with Gasteiger partial charge in [-0.25, -0.2) is 4.72 Å². The summed E-state index contributed by atoms with van der Waals surface area (Å²) in [6.45, 7) is 0.418. The molecule has 0 saturated heterocycles. The molecule has 5 nitrogen and oxygen atoms in total. The van der Waals surface area contributed by atoms with Crippen molar-refractivity contribution in [3.63, 3.8) is 0 Å². The molecular formula is C10H15N3O2S. The molecule has 16 heavy (non-hydrogen) atoms. The van der Waals surface area contributed by atoms with Crippen molar-refractivity contribution in [1.82, 2.24) is 4.72 Å². The SMILES string of the molecule is CNS(=O)(=O)N1CCC(N)c2ccccc21. The van der Waals surface area contributed by atoms with Crippen LogP contribution in [0.4, 0.5) is 5.69 Å². The number of rotatable bonds is 2. The third kappa shape index (κ3) is 1.79. The Labute approximate surface area is 95.4 Å². The first-order valence-electron chi connectivity index (χ1n) is 5.12. The van der Waals surface area contributed by atoms with Crippen LogP contribution >= 0.6 is 0 Å². The van der Waals surface area contributed by atoms with Gasteiger partial charge in [-0.3, -0.25) is 4.31 Å². The largest absolute Gasteiger partial charge is 0.324 e. The number of benzene rings is 1. The van der Waals surface area contributed by atoms with E-state index in [1.54, 1.807) is 6.07 Å². The second-order valence-corrected chi connectivity index (χ2v) is 5.53. The third-order valence-corrected chi connectivity index (χ3v) is 4.27. The highest BCUT2D eigenvalue weighted by Crippen LogP contribution is 2.33. The van der Waals surface area contributed by atoms with Crippen molar-refractivity contribution >= 4 is 15.9 Å². The molecule has 0 amide bonds. The van der Waals surface area contributed by atoms with E-state index in [-0.39, 0.29) is 6.04 Å². The number of nitrogens with two attached hydrogens (primary N) is 1. The molecular weight excluding hydrogens is 226 g/mol. The Kier molecular flexibility index (Phi) is 2.88. The summed E-state index contributed by atoms with van der Waals surface area (Å²) in [5.74, 6) is 0. The highest BCUT2D eigenvalue weighted by Gasteiger charge is 2.29. The second kappa shape index (κ2) is 4.04. The Morgan fingerprint density at radius 3 is 2.81 bits per heavy atom. The van der Waals surface area contributed by atoms with Crippen LogP contribution in [0.3, 0.4) is 0 Å². The van der Waals surface area contributed by atoms with Crippen molar-refractivity contribution in [3.8, 4) is 0 Å². The van der Waals surface area contributed by atoms with Gasteiger partial charge in [0.2, 0.25) is 0 Å². The molecule has 0 aromatic heterocycles. The smallest absolute Gasteiger partial charge is 0.301 e. The van der Waals surface area contributed by atoms with Crippen LogP contribution in [0.1, 0.15) is 18.0 Å². The van der Waals surface area contributed by atoms with Gasteiger partial charge in [-0.15, -0.1) is 0 Å². The van der Waals surface area contributed by atoms with Gasteiger partial charge in [0.25, 0.3) is 0 Å². The van der Waals surface area contributed by atoms with Gasteiger partial charge >= 0.3 is 10.2 Å². The van der Waals surface area contributed by atoms with Crippen LogP contribution in [0.15, 0.2) is 24.3 Å². The number of anilines is 1. The Balaban J connectivity index is 2.51. The van der Waals surface area contributed by atoms with Crippen LogP contribution in [0.5, 0.6) is 0 Å². The van der Waals surface area contributed by atoms with E-state index in [4.69, 9.17) is 5.73 Å². The number of hydrogen-bond donors (Lipinski definition) is 2. The van der Waals surface area contributed by atoms with Crippen molar-refractivity contribution in [2.75, 3.05) is 17.9 Å². The van der Waals surface area contributed by atoms with Gasteiger partial charge in [0.1, 0.15) is 0 Å². The number of nitrogens with one attached hydrogen (secondary N) is 1. The van der Waals surface area contributed by atoms with Crippen LogP contribution in [-0.4, -0.2) is 22.0 Å². The van der Waals surface area contributed by atoms with Gasteiger partial charge in [0.15, 0.2) is 0 Å². The highest BCUT2D eigenvalue weighted by molar-refractivity contribution is 7.90. The van der Waals surface area contributed by atoms with Gasteiger partial charge < -0.3 is 5.73 Å². The van der Waals surface area contributed by atoms with Crippen molar-refractivity contribution in [2.45, 2.75) is 12.5 Å². The summed E-state index contributed by atoms with van der Waals surface area (Å²) >= 11 is 0. The fourth-order valence-corrected chi connectivity index (χ4v) is 2.91. The monoisotopic (exact) mass is 241 g/mol. The Morgan fingerprint density at radius 1 is 1.44 bits per heavy atom. The molecule has 1 aromatic carbocycles. The summed E-state index contributed by atoms with van der Waals surface area (Å²) in [7, 11) is -2.02. The zero-order valence-electron chi connectivity index (χ0n) is 9.05. The lowest BCUT2D eigenvalue weighted by Crippen LogP contribution is -2.43. The van der Waals surface area contributed by atoms with E-state index in [0.29, 0.717) is 18.7 Å². The molecule has 1 aliphatic heterocycles. The first kappa shape index (κ1) is 11.4. The summed E-state index contributed by atoms with van der Waals surface area (Å²) < 4.78 is 27.3. The standard InChI is InChI=1S/C10H15N3O2S/c1-12-16(14,15)13-7-6-9(11)8-4-2-3-5-10(8)13/h2-5,9,12H,6-7,11H2,1H3. The van der Waals surface area contributed by atoms with Crippen molar-refractivity contribution in [2.24, 2.45) is 5.73 Å². The average Bonchev–Trinajstić information content (AvgIpc) is 2.29. The van der Waals surface area contributed by atoms with Crippen LogP contribution < -0.4 is 14.8 Å². The number of hydrogen-bond acceptors (Lipinski definition) is 3. The number of fused-ring (bicyclic) bond motifs is 1. The molecule has 0 bridgehead atoms. The second-order valence-electron chi connectivity index (χ2n) is 3.74. The van der Waals surface area contributed by atoms with Crippen LogP contribution in [0.25, 0.3) is 0 Å². The van der Waals surface area contributed by atoms with Crippen molar-refractivity contribution < 1.29 is 8.42 Å². The molecule has 1 heterocycles. The van der Waals surface area contributed by atoms with E-state index in [1.807, 2.05) is 18.2 Å². The fraction of sp³-hybridized carbons (Fsp3) is 0.400. The molecule has 1 unspecified atom stereocenters. The predicted molar refractivity (Wildman–Crippen MR) is 63.3 cm³/mol. The summed E-state index contributed by atoms with van der Waals surface area (Å²) in [6, 6.07) is 7.25. The number of para-hydroxylation sites is 1. The molecule has 0 fully saturated rings. The number of nitrogens with zero attached hydrogens (tertiary/aromatic N) is 1. The summed E-state index contributed by atoms with van der Waals surface area (Å²) in [4.78, 5) is 0. The lowest BCUT2D eigenvalue weighted by molar-refractivity contribution is 0.567. The molecule has 2 rings (SSSR count). The topological polar surface area (TPSA) is 75.4 Å². The minimum atomic E-state index is -3.43. The molecule has 0 spiro atoms. The Morgan fingerprint density at radius 2 is 2.12 bits per heavy atom. The molecule has 3 N–H and O–H groups in total. The predicted octanol–water partition coefficient (Wildman–Crippen LogP) is 0.361. The van der Waals surface area contributed by atoms with Crippen molar-refractivity contribution in [3.05, 3.63) is 29.8 Å². The fourth-order valence-electron chi connectivity index (χ4n) is 1.92. The summed E-state index contributed by atoms with van der Waals surface area (Å²) in [5, 5.41) is 0. The lowest BCUT2D eigenvalue weighted by Gasteiger charge is -2.32. The molecule has 0 saturated carbocycles. The first-order valence-corrected chi connectivity index (χ1v) is 6.56. The maximum absolute atomic E-state index is 11.8. The van der Waals surface area contributed by atoms with E-state index in [9.17, 15) is 8.42 Å². The maximum atomic E-state index is 11.8. The highest BCUT2D eigenvalue weighted by atomic mass is 32.2. The Bertz CT molecular complexity index is 487. The van der Waals surface area contributed by atoms with Gasteiger partial charge in [-0.05, 0) is 18.1 Å².